The summed E-state index contributed by atoms with van der Waals surface area (Å²) < 4.78 is 5.66. The zero-order valence-corrected chi connectivity index (χ0v) is 11.6. The Bertz CT molecular complexity index is 758. The van der Waals surface area contributed by atoms with Gasteiger partial charge in [0.05, 0.1) is 11.0 Å². The van der Waals surface area contributed by atoms with Crippen LogP contribution in [-0.2, 0) is 5.41 Å². The molecule has 21 heavy (non-hydrogen) atoms. The Balaban J connectivity index is 1.88. The van der Waals surface area contributed by atoms with E-state index in [4.69, 9.17) is 10.3 Å². The van der Waals surface area contributed by atoms with Crippen molar-refractivity contribution >= 4 is 5.82 Å². The highest BCUT2D eigenvalue weighted by Crippen LogP contribution is 2.56. The Labute approximate surface area is 123 Å². The molecule has 0 unspecified atom stereocenters. The minimum Gasteiger partial charge on any atom is -0.380 e. The number of hydrogen-bond acceptors (Lipinski definition) is 3. The lowest BCUT2D eigenvalue weighted by molar-refractivity contribution is 0.369. The molecule has 1 aromatic heterocycles. The van der Waals surface area contributed by atoms with Gasteiger partial charge in [0.2, 0.25) is 0 Å². The summed E-state index contributed by atoms with van der Waals surface area (Å²) in [4.78, 5) is 0. The van der Waals surface area contributed by atoms with E-state index in [1.807, 2.05) is 36.4 Å². The predicted molar refractivity (Wildman–Crippen MR) is 82.8 cm³/mol. The fourth-order valence-electron chi connectivity index (χ4n) is 3.04. The van der Waals surface area contributed by atoms with Crippen LogP contribution in [0.2, 0.25) is 0 Å². The normalized spacial score (nSPS) is 15.8. The summed E-state index contributed by atoms with van der Waals surface area (Å²) in [7, 11) is 0. The molecule has 2 N–H and O–H groups in total. The SMILES string of the molecule is Nc1noc(C2(c3ccccc3)CC2)c1-c1ccccc1. The van der Waals surface area contributed by atoms with E-state index in [2.05, 4.69) is 29.4 Å². The van der Waals surface area contributed by atoms with Crippen LogP contribution in [0.1, 0.15) is 24.2 Å². The van der Waals surface area contributed by atoms with Gasteiger partial charge in [-0.2, -0.15) is 0 Å². The van der Waals surface area contributed by atoms with Gasteiger partial charge in [0, 0.05) is 0 Å². The van der Waals surface area contributed by atoms with Crippen molar-refractivity contribution in [3.63, 3.8) is 0 Å². The number of rotatable bonds is 3. The number of benzene rings is 2. The third kappa shape index (κ3) is 1.85. The molecule has 0 radical (unpaired) electrons. The Kier molecular flexibility index (Phi) is 2.61. The molecule has 0 bridgehead atoms. The Hall–Kier alpha value is -2.55. The topological polar surface area (TPSA) is 52.0 Å². The number of aromatic nitrogens is 1. The van der Waals surface area contributed by atoms with Crippen molar-refractivity contribution < 1.29 is 4.52 Å². The van der Waals surface area contributed by atoms with Gasteiger partial charge in [-0.3, -0.25) is 0 Å². The number of anilines is 1. The average Bonchev–Trinajstić information content (AvgIpc) is 3.26. The van der Waals surface area contributed by atoms with Crippen LogP contribution >= 0.6 is 0 Å². The van der Waals surface area contributed by atoms with Crippen LogP contribution in [0.15, 0.2) is 65.2 Å². The fourth-order valence-corrected chi connectivity index (χ4v) is 3.04. The fraction of sp³-hybridized carbons (Fsp3) is 0.167. The lowest BCUT2D eigenvalue weighted by atomic mass is 9.89. The van der Waals surface area contributed by atoms with Gasteiger partial charge in [0.25, 0.3) is 0 Å². The molecule has 0 saturated heterocycles. The summed E-state index contributed by atoms with van der Waals surface area (Å²) in [5.41, 5.74) is 9.29. The maximum absolute atomic E-state index is 6.07. The van der Waals surface area contributed by atoms with Crippen molar-refractivity contribution in [1.29, 1.82) is 0 Å². The molecule has 4 rings (SSSR count). The van der Waals surface area contributed by atoms with Gasteiger partial charge in [-0.25, -0.2) is 0 Å². The predicted octanol–water partition coefficient (Wildman–Crippen LogP) is 4.00. The largest absolute Gasteiger partial charge is 0.380 e. The quantitative estimate of drug-likeness (QED) is 0.786. The minimum absolute atomic E-state index is 0.0585. The number of nitrogen functional groups attached to an aromatic ring is 1. The zero-order chi connectivity index (χ0) is 14.3. The molecule has 0 amide bonds. The van der Waals surface area contributed by atoms with Crippen molar-refractivity contribution in [1.82, 2.24) is 5.16 Å². The molecule has 1 aliphatic carbocycles. The van der Waals surface area contributed by atoms with E-state index in [1.165, 1.54) is 5.56 Å². The average molecular weight is 276 g/mol. The molecular weight excluding hydrogens is 260 g/mol. The maximum atomic E-state index is 6.07. The smallest absolute Gasteiger partial charge is 0.175 e. The summed E-state index contributed by atoms with van der Waals surface area (Å²) in [6, 6.07) is 20.6. The molecule has 3 aromatic rings. The van der Waals surface area contributed by atoms with Crippen LogP contribution < -0.4 is 5.73 Å². The summed E-state index contributed by atoms with van der Waals surface area (Å²) >= 11 is 0. The first-order valence-corrected chi connectivity index (χ1v) is 7.18. The lowest BCUT2D eigenvalue weighted by Crippen LogP contribution is -2.09. The standard InChI is InChI=1S/C18H16N2O/c19-17-15(13-7-3-1-4-8-13)16(21-20-17)18(11-12-18)14-9-5-2-6-10-14/h1-10H,11-12H2,(H2,19,20). The maximum Gasteiger partial charge on any atom is 0.175 e. The van der Waals surface area contributed by atoms with E-state index in [0.29, 0.717) is 5.82 Å². The molecule has 1 aliphatic rings. The highest BCUT2D eigenvalue weighted by atomic mass is 16.5. The molecule has 1 heterocycles. The van der Waals surface area contributed by atoms with E-state index >= 15 is 0 Å². The first kappa shape index (κ1) is 12.2. The van der Waals surface area contributed by atoms with E-state index in [1.54, 1.807) is 0 Å². The summed E-state index contributed by atoms with van der Waals surface area (Å²) in [5.74, 6) is 1.37. The first-order chi connectivity index (χ1) is 10.3. The van der Waals surface area contributed by atoms with Crippen molar-refractivity contribution in [2.45, 2.75) is 18.3 Å². The van der Waals surface area contributed by atoms with Gasteiger partial charge >= 0.3 is 0 Å². The third-order valence-electron chi connectivity index (χ3n) is 4.29. The molecular formula is C18H16N2O. The van der Waals surface area contributed by atoms with Crippen LogP contribution in [0.5, 0.6) is 0 Å². The molecule has 3 nitrogen and oxygen atoms in total. The second-order valence-electron chi connectivity index (χ2n) is 5.59. The highest BCUT2D eigenvalue weighted by molar-refractivity contribution is 5.77. The number of hydrogen-bond donors (Lipinski definition) is 1. The zero-order valence-electron chi connectivity index (χ0n) is 11.6. The molecule has 104 valence electrons. The molecule has 1 saturated carbocycles. The second-order valence-corrected chi connectivity index (χ2v) is 5.59. The third-order valence-corrected chi connectivity index (χ3v) is 4.29. The monoisotopic (exact) mass is 276 g/mol. The van der Waals surface area contributed by atoms with Gasteiger partial charge in [-0.1, -0.05) is 65.8 Å². The van der Waals surface area contributed by atoms with Crippen molar-refractivity contribution in [2.24, 2.45) is 0 Å². The van der Waals surface area contributed by atoms with Gasteiger partial charge in [-0.05, 0) is 24.0 Å². The van der Waals surface area contributed by atoms with E-state index in [-0.39, 0.29) is 5.41 Å². The van der Waals surface area contributed by atoms with Crippen LogP contribution in [0, 0.1) is 0 Å². The highest BCUT2D eigenvalue weighted by Gasteiger charge is 2.51. The molecule has 3 heteroatoms. The molecule has 2 aromatic carbocycles. The Morgan fingerprint density at radius 3 is 2.14 bits per heavy atom. The van der Waals surface area contributed by atoms with E-state index < -0.39 is 0 Å². The number of nitrogens with zero attached hydrogens (tertiary/aromatic N) is 1. The van der Waals surface area contributed by atoms with Gasteiger partial charge in [-0.15, -0.1) is 0 Å². The van der Waals surface area contributed by atoms with Crippen LogP contribution in [0.25, 0.3) is 11.1 Å². The van der Waals surface area contributed by atoms with Crippen molar-refractivity contribution in [2.75, 3.05) is 5.73 Å². The Morgan fingerprint density at radius 2 is 1.52 bits per heavy atom. The molecule has 1 fully saturated rings. The van der Waals surface area contributed by atoms with E-state index in [9.17, 15) is 0 Å². The van der Waals surface area contributed by atoms with Crippen molar-refractivity contribution in [3.8, 4) is 11.1 Å². The summed E-state index contributed by atoms with van der Waals surface area (Å²) in [5, 5.41) is 4.03. The summed E-state index contributed by atoms with van der Waals surface area (Å²) in [6.45, 7) is 0. The summed E-state index contributed by atoms with van der Waals surface area (Å²) in [6.07, 6.45) is 2.15. The lowest BCUT2D eigenvalue weighted by Gasteiger charge is -2.14. The molecule has 0 atom stereocenters. The minimum atomic E-state index is -0.0585. The van der Waals surface area contributed by atoms with Crippen LogP contribution in [0.3, 0.4) is 0 Å². The van der Waals surface area contributed by atoms with Crippen LogP contribution in [0.4, 0.5) is 5.82 Å². The second kappa shape index (κ2) is 4.48. The first-order valence-electron chi connectivity index (χ1n) is 7.18. The van der Waals surface area contributed by atoms with Gasteiger partial charge < -0.3 is 10.3 Å². The van der Waals surface area contributed by atoms with Gasteiger partial charge in [0.1, 0.15) is 0 Å². The number of nitrogens with two attached hydrogens (primary N) is 1. The molecule has 0 aliphatic heterocycles. The van der Waals surface area contributed by atoms with Crippen molar-refractivity contribution in [3.05, 3.63) is 72.0 Å². The van der Waals surface area contributed by atoms with Gasteiger partial charge in [0.15, 0.2) is 11.6 Å². The molecule has 0 spiro atoms. The van der Waals surface area contributed by atoms with E-state index in [0.717, 1.165) is 29.7 Å². The Morgan fingerprint density at radius 1 is 0.905 bits per heavy atom. The van der Waals surface area contributed by atoms with Crippen LogP contribution in [-0.4, -0.2) is 5.16 Å².